The lowest BCUT2D eigenvalue weighted by Gasteiger charge is -2.32. The summed E-state index contributed by atoms with van der Waals surface area (Å²) < 4.78 is 142. The second kappa shape index (κ2) is 39.9. The van der Waals surface area contributed by atoms with Gasteiger partial charge in [0.15, 0.2) is 0 Å². The van der Waals surface area contributed by atoms with Gasteiger partial charge in [0.05, 0.1) is 65.6 Å². The Balaban J connectivity index is -0.000000484. The molecule has 0 amide bonds. The molecule has 0 aliphatic carbocycles. The Hall–Kier alpha value is -2.36. The molecule has 2 radical (unpaired) electrons. The largest absolute Gasteiger partial charge is 0.494 e. The maximum atomic E-state index is 13.8. The van der Waals surface area contributed by atoms with Gasteiger partial charge in [-0.3, -0.25) is 0 Å². The van der Waals surface area contributed by atoms with E-state index in [1.807, 2.05) is 89.2 Å². The van der Waals surface area contributed by atoms with Gasteiger partial charge in [-0.05, 0) is 191 Å². The first kappa shape index (κ1) is 91.1. The minimum absolute atomic E-state index is 0. The van der Waals surface area contributed by atoms with Gasteiger partial charge >= 0.3 is 21.1 Å². The molecule has 4 fully saturated rings. The summed E-state index contributed by atoms with van der Waals surface area (Å²) in [5, 5.41) is 8.35. The van der Waals surface area contributed by atoms with Crippen LogP contribution in [0.5, 0.6) is 0 Å². The highest BCUT2D eigenvalue weighted by atomic mass is 79.9. The second-order valence-electron chi connectivity index (χ2n) is 21.8. The molecule has 4 saturated heterocycles. The van der Waals surface area contributed by atoms with E-state index in [9.17, 15) is 34.4 Å². The third-order valence-electron chi connectivity index (χ3n) is 13.2. The van der Waals surface area contributed by atoms with E-state index in [-0.39, 0.29) is 71.0 Å². The molecule has 4 aliphatic heterocycles. The van der Waals surface area contributed by atoms with E-state index < -0.39 is 69.8 Å². The third-order valence-corrected chi connectivity index (χ3v) is 16.0. The van der Waals surface area contributed by atoms with Gasteiger partial charge in [-0.15, -0.1) is 0 Å². The molecule has 0 spiro atoms. The lowest BCUT2D eigenvalue weighted by atomic mass is 9.49. The Bertz CT molecular complexity index is 2820. The number of thiol groups is 1. The average molecular weight is 1480 g/mol. The summed E-state index contributed by atoms with van der Waals surface area (Å²) in [6.45, 7) is 27.8. The highest BCUT2D eigenvalue weighted by Crippen LogP contribution is 2.43. The van der Waals surface area contributed by atoms with E-state index in [0.29, 0.717) is 37.6 Å². The predicted molar refractivity (Wildman–Crippen MR) is 366 cm³/mol. The first-order valence-corrected chi connectivity index (χ1v) is 33.0. The van der Waals surface area contributed by atoms with Gasteiger partial charge in [-0.25, -0.2) is 43.8 Å². The summed E-state index contributed by atoms with van der Waals surface area (Å²) in [6, 6.07) is 19.1. The van der Waals surface area contributed by atoms with Crippen LogP contribution in [0.25, 0.3) is 0 Å². The van der Waals surface area contributed by atoms with Crippen LogP contribution in [0.2, 0.25) is 6.82 Å². The van der Waals surface area contributed by atoms with Gasteiger partial charge in [-0.2, -0.15) is 17.9 Å². The fourth-order valence-corrected chi connectivity index (χ4v) is 9.24. The fraction of sp³-hybridized carbons (Fsp3) is 0.569. The molecule has 492 valence electrons. The lowest BCUT2D eigenvalue weighted by Crippen LogP contribution is -2.41. The monoisotopic (exact) mass is 1480 g/mol. The van der Waals surface area contributed by atoms with E-state index in [1.165, 1.54) is 68.2 Å². The Kier molecular flexibility index (Phi) is 41.8. The Morgan fingerprint density at radius 1 is 0.529 bits per heavy atom. The van der Waals surface area contributed by atoms with Crippen LogP contribution < -0.4 is 20.6 Å². The fourth-order valence-electron chi connectivity index (χ4n) is 6.89. The molecular formula is C58H95B4Br3F4N4O11S3. The zero-order valence-corrected chi connectivity index (χ0v) is 57.4. The van der Waals surface area contributed by atoms with E-state index in [0.717, 1.165) is 35.8 Å². The van der Waals surface area contributed by atoms with Gasteiger partial charge < -0.3 is 38.4 Å². The smallest absolute Gasteiger partial charge is 0.405 e. The van der Waals surface area contributed by atoms with E-state index in [1.54, 1.807) is 30.5 Å². The topological polar surface area (TPSA) is 207 Å². The van der Waals surface area contributed by atoms with Crippen molar-refractivity contribution in [3.05, 3.63) is 132 Å². The molecule has 4 N–H and O–H groups in total. The molecule has 0 aromatic heterocycles. The van der Waals surface area contributed by atoms with Crippen molar-refractivity contribution in [3.63, 3.8) is 0 Å². The van der Waals surface area contributed by atoms with E-state index in [2.05, 4.69) is 77.7 Å². The number of nitriles is 1. The van der Waals surface area contributed by atoms with Gasteiger partial charge in [-0.1, -0.05) is 90.4 Å². The number of nitrogens with two attached hydrogens (primary N) is 1. The Morgan fingerprint density at radius 3 is 1.13 bits per heavy atom. The number of hydrogen-bond acceptors (Lipinski definition) is 14. The molecule has 8 rings (SSSR count). The number of rotatable bonds is 9. The van der Waals surface area contributed by atoms with Gasteiger partial charge in [0.2, 0.25) is 20.0 Å². The Labute approximate surface area is 553 Å². The van der Waals surface area contributed by atoms with E-state index in [4.69, 9.17) is 43.7 Å². The van der Waals surface area contributed by atoms with Gasteiger partial charge in [0.25, 0.3) is 0 Å². The number of hydrogen-bond donors (Lipinski definition) is 4. The van der Waals surface area contributed by atoms with Crippen LogP contribution >= 0.6 is 60.4 Å². The molecule has 0 unspecified atom stereocenters. The SMILES string of the molecule is C.C.C.C.C1CCOC1.CC1(C)OB(B2OC(C)(C)C(C)(C)O2)OC1(C)C.CC1(C)OB(c2cc(F)cc(CNS(C)(=O)=O)c2)OC1(C)C.CS.CS(=O)(=O)NCc1cc(F)cc(Br)c1.N#Cc1cc(F)cc(Br)c1.NCc1cc(F)cc(Br)c1.[B]C. The molecule has 15 nitrogen and oxygen atoms in total. The van der Waals surface area contributed by atoms with Crippen LogP contribution in [-0.4, -0.2) is 111 Å². The molecule has 0 bridgehead atoms. The van der Waals surface area contributed by atoms with Crippen LogP contribution in [0.1, 0.15) is 148 Å². The quantitative estimate of drug-likeness (QED) is 0.0700. The van der Waals surface area contributed by atoms with Crippen molar-refractivity contribution in [2.45, 2.75) is 186 Å². The second-order valence-corrected chi connectivity index (χ2v) is 28.2. The summed E-state index contributed by atoms with van der Waals surface area (Å²) in [7, 11) is -3.71. The summed E-state index contributed by atoms with van der Waals surface area (Å²) in [5.74, 6) is -1.51. The van der Waals surface area contributed by atoms with Crippen molar-refractivity contribution in [2.75, 3.05) is 32.0 Å². The molecule has 0 atom stereocenters. The average Bonchev–Trinajstić information content (AvgIpc) is 1.88. The maximum absolute atomic E-state index is 13.8. The molecule has 87 heavy (non-hydrogen) atoms. The van der Waals surface area contributed by atoms with Crippen molar-refractivity contribution >= 4 is 115 Å². The maximum Gasteiger partial charge on any atom is 0.494 e. The summed E-state index contributed by atoms with van der Waals surface area (Å²) in [6.07, 6.45) is 6.36. The number of nitrogens with zero attached hydrogens (tertiary/aromatic N) is 1. The predicted octanol–water partition coefficient (Wildman–Crippen LogP) is 13.7. The standard InChI is InChI=1S/C14H21BFNO4S.C12H24B2O4.C8H9BrFNO2S.C7H7BrFN.C7H3BrFN.C4H8O.CH3B.CH4S.4CH4/c1-13(2)14(3,4)21-15(20-13)11-6-10(7-12(16)8-11)9-17-22(5,18)19;1-9(2)10(3,4)16-13(15-9)14-17-11(5,6)12(7,8)18-14;1-14(12,13)11-5-6-2-7(9)4-8(10)3-6;2*8-6-1-5(4-10)2-7(9)3-6;1-2-4-5-3-1;2*1-2;;;;/h6-8,17H,9H2,1-5H3;1-8H3;2-4,11H,5H2,1H3;1-3H,4,10H2;1-3H;1-4H2;1H3;2H,1H3;4*1H4. The normalized spacial score (nSPS) is 17.3. The summed E-state index contributed by atoms with van der Waals surface area (Å²) >= 11 is 12.9. The first-order chi connectivity index (χ1) is 38.1. The number of nitrogens with one attached hydrogen (secondary N) is 2. The van der Waals surface area contributed by atoms with Crippen LogP contribution in [-0.2, 0) is 72.3 Å². The van der Waals surface area contributed by atoms with E-state index >= 15 is 0 Å². The third kappa shape index (κ3) is 32.2. The number of benzene rings is 4. The van der Waals surface area contributed by atoms with Crippen molar-refractivity contribution in [1.29, 1.82) is 5.26 Å². The molecule has 29 heteroatoms. The van der Waals surface area contributed by atoms with Crippen LogP contribution in [0.3, 0.4) is 0 Å². The van der Waals surface area contributed by atoms with Crippen molar-refractivity contribution in [3.8, 4) is 6.07 Å². The summed E-state index contributed by atoms with van der Waals surface area (Å²) in [5.41, 5.74) is 5.56. The molecule has 4 aliphatic rings. The molecular weight excluding hydrogens is 1380 g/mol. The van der Waals surface area contributed by atoms with Gasteiger partial charge in [0, 0.05) is 46.3 Å². The van der Waals surface area contributed by atoms with Crippen molar-refractivity contribution in [1.82, 2.24) is 9.44 Å². The van der Waals surface area contributed by atoms with Crippen LogP contribution in [0, 0.1) is 34.6 Å². The molecule has 4 aromatic rings. The van der Waals surface area contributed by atoms with Crippen LogP contribution in [0.15, 0.2) is 86.2 Å². The highest BCUT2D eigenvalue weighted by Gasteiger charge is 2.63. The minimum atomic E-state index is -3.34. The minimum Gasteiger partial charge on any atom is -0.405 e. The molecule has 0 saturated carbocycles. The zero-order valence-electron chi connectivity index (χ0n) is 50.1. The lowest BCUT2D eigenvalue weighted by molar-refractivity contribution is 0.00578. The zero-order chi connectivity index (χ0) is 64.2. The summed E-state index contributed by atoms with van der Waals surface area (Å²) in [4.78, 5) is 0. The number of halogens is 7. The van der Waals surface area contributed by atoms with Crippen molar-refractivity contribution in [2.24, 2.45) is 5.73 Å². The number of sulfonamides is 2. The molecule has 4 heterocycles. The Morgan fingerprint density at radius 2 is 0.828 bits per heavy atom. The van der Waals surface area contributed by atoms with Crippen LogP contribution in [0.4, 0.5) is 17.6 Å². The molecule has 4 aromatic carbocycles. The van der Waals surface area contributed by atoms with Gasteiger partial charge in [0.1, 0.15) is 23.3 Å². The van der Waals surface area contributed by atoms with Crippen molar-refractivity contribution < 1.29 is 67.1 Å². The highest BCUT2D eigenvalue weighted by molar-refractivity contribution is 9.11. The number of ether oxygens (including phenoxy) is 1. The first-order valence-electron chi connectivity index (χ1n) is 25.9.